The van der Waals surface area contributed by atoms with Gasteiger partial charge in [0, 0.05) is 19.1 Å². The molecular formula is C13H20FNO. The van der Waals surface area contributed by atoms with Gasteiger partial charge in [-0.1, -0.05) is 12.1 Å². The standard InChI is InChI=1S/C13H20FNO/c1-10(2)15(8-11(3)16)9-12-4-6-13(14)7-5-12/h4-7,10-11,16H,8-9H2,1-3H3. The maximum absolute atomic E-state index is 12.7. The van der Waals surface area contributed by atoms with E-state index >= 15 is 0 Å². The molecule has 0 aliphatic carbocycles. The number of benzene rings is 1. The fraction of sp³-hybridized carbons (Fsp3) is 0.538. The summed E-state index contributed by atoms with van der Waals surface area (Å²) in [6, 6.07) is 6.87. The summed E-state index contributed by atoms with van der Waals surface area (Å²) in [5.74, 6) is -0.213. The fourth-order valence-electron chi connectivity index (χ4n) is 1.62. The molecule has 0 saturated heterocycles. The Balaban J connectivity index is 2.64. The van der Waals surface area contributed by atoms with Crippen LogP contribution in [0.3, 0.4) is 0 Å². The quantitative estimate of drug-likeness (QED) is 0.832. The first-order chi connectivity index (χ1) is 7.49. The van der Waals surface area contributed by atoms with Crippen molar-refractivity contribution in [2.24, 2.45) is 0 Å². The average molecular weight is 225 g/mol. The van der Waals surface area contributed by atoms with E-state index in [1.54, 1.807) is 19.1 Å². The molecule has 90 valence electrons. The van der Waals surface area contributed by atoms with Crippen molar-refractivity contribution in [1.29, 1.82) is 0 Å². The number of hydrogen-bond donors (Lipinski definition) is 1. The van der Waals surface area contributed by atoms with E-state index in [2.05, 4.69) is 18.7 Å². The first-order valence-corrected chi connectivity index (χ1v) is 5.65. The van der Waals surface area contributed by atoms with Gasteiger partial charge in [-0.05, 0) is 38.5 Å². The molecule has 0 aliphatic rings. The van der Waals surface area contributed by atoms with E-state index in [-0.39, 0.29) is 11.9 Å². The summed E-state index contributed by atoms with van der Waals surface area (Å²) in [6.45, 7) is 7.33. The Morgan fingerprint density at radius 3 is 2.19 bits per heavy atom. The molecule has 16 heavy (non-hydrogen) atoms. The molecule has 0 aromatic heterocycles. The maximum Gasteiger partial charge on any atom is 0.123 e. The van der Waals surface area contributed by atoms with Crippen molar-refractivity contribution in [3.8, 4) is 0 Å². The summed E-state index contributed by atoms with van der Waals surface area (Å²) in [5, 5.41) is 9.39. The lowest BCUT2D eigenvalue weighted by molar-refractivity contribution is 0.103. The molecular weight excluding hydrogens is 205 g/mol. The molecule has 0 aliphatic heterocycles. The zero-order valence-electron chi connectivity index (χ0n) is 10.2. The van der Waals surface area contributed by atoms with E-state index in [9.17, 15) is 9.50 Å². The third-order valence-corrected chi connectivity index (χ3v) is 2.53. The van der Waals surface area contributed by atoms with Gasteiger partial charge < -0.3 is 5.11 Å². The molecule has 1 aromatic rings. The number of nitrogens with zero attached hydrogens (tertiary/aromatic N) is 1. The topological polar surface area (TPSA) is 23.5 Å². The van der Waals surface area contributed by atoms with Crippen LogP contribution in [0.1, 0.15) is 26.3 Å². The molecule has 0 saturated carbocycles. The predicted molar refractivity (Wildman–Crippen MR) is 63.6 cm³/mol. The second-order valence-corrected chi connectivity index (χ2v) is 4.50. The van der Waals surface area contributed by atoms with E-state index in [0.717, 1.165) is 12.1 Å². The van der Waals surface area contributed by atoms with Crippen molar-refractivity contribution in [3.63, 3.8) is 0 Å². The largest absolute Gasteiger partial charge is 0.392 e. The second-order valence-electron chi connectivity index (χ2n) is 4.50. The highest BCUT2D eigenvalue weighted by molar-refractivity contribution is 5.15. The van der Waals surface area contributed by atoms with Crippen molar-refractivity contribution in [2.75, 3.05) is 6.54 Å². The minimum atomic E-state index is -0.345. The molecule has 1 N–H and O–H groups in total. The zero-order chi connectivity index (χ0) is 12.1. The number of aliphatic hydroxyl groups is 1. The zero-order valence-corrected chi connectivity index (χ0v) is 10.2. The van der Waals surface area contributed by atoms with Crippen molar-refractivity contribution >= 4 is 0 Å². The predicted octanol–water partition coefficient (Wildman–Crippen LogP) is 2.42. The van der Waals surface area contributed by atoms with Crippen molar-refractivity contribution in [3.05, 3.63) is 35.6 Å². The summed E-state index contributed by atoms with van der Waals surface area (Å²) < 4.78 is 12.7. The smallest absolute Gasteiger partial charge is 0.123 e. The highest BCUT2D eigenvalue weighted by Crippen LogP contribution is 2.10. The van der Waals surface area contributed by atoms with Crippen LogP contribution in [0.25, 0.3) is 0 Å². The molecule has 2 nitrogen and oxygen atoms in total. The van der Waals surface area contributed by atoms with E-state index in [4.69, 9.17) is 0 Å². The van der Waals surface area contributed by atoms with E-state index < -0.39 is 0 Å². The van der Waals surface area contributed by atoms with Gasteiger partial charge in [0.25, 0.3) is 0 Å². The lowest BCUT2D eigenvalue weighted by Crippen LogP contribution is -2.36. The number of hydrogen-bond acceptors (Lipinski definition) is 2. The summed E-state index contributed by atoms with van der Waals surface area (Å²) in [4.78, 5) is 2.16. The molecule has 0 amide bonds. The van der Waals surface area contributed by atoms with Gasteiger partial charge in [0.1, 0.15) is 5.82 Å². The van der Waals surface area contributed by atoms with Crippen LogP contribution in [0.4, 0.5) is 4.39 Å². The third-order valence-electron chi connectivity index (χ3n) is 2.53. The normalized spacial score (nSPS) is 13.4. The number of rotatable bonds is 5. The van der Waals surface area contributed by atoms with Gasteiger partial charge in [-0.2, -0.15) is 0 Å². The lowest BCUT2D eigenvalue weighted by atomic mass is 10.1. The maximum atomic E-state index is 12.7. The SMILES string of the molecule is CC(O)CN(Cc1ccc(F)cc1)C(C)C. The summed E-state index contributed by atoms with van der Waals surface area (Å²) in [7, 11) is 0. The minimum Gasteiger partial charge on any atom is -0.392 e. The lowest BCUT2D eigenvalue weighted by Gasteiger charge is -2.27. The van der Waals surface area contributed by atoms with Gasteiger partial charge in [-0.25, -0.2) is 4.39 Å². The van der Waals surface area contributed by atoms with Crippen LogP contribution in [-0.2, 0) is 6.54 Å². The van der Waals surface area contributed by atoms with Crippen LogP contribution in [0, 0.1) is 5.82 Å². The first kappa shape index (κ1) is 13.1. The molecule has 0 bridgehead atoms. The molecule has 1 unspecified atom stereocenters. The molecule has 1 rings (SSSR count). The fourth-order valence-corrected chi connectivity index (χ4v) is 1.62. The van der Waals surface area contributed by atoms with Crippen molar-refractivity contribution < 1.29 is 9.50 Å². The highest BCUT2D eigenvalue weighted by atomic mass is 19.1. The Morgan fingerprint density at radius 1 is 1.19 bits per heavy atom. The number of aliphatic hydroxyl groups excluding tert-OH is 1. The van der Waals surface area contributed by atoms with Crippen molar-refractivity contribution in [2.45, 2.75) is 39.5 Å². The molecule has 1 aromatic carbocycles. The summed E-state index contributed by atoms with van der Waals surface area (Å²) in [5.41, 5.74) is 1.07. The monoisotopic (exact) mass is 225 g/mol. The summed E-state index contributed by atoms with van der Waals surface area (Å²) >= 11 is 0. The Hall–Kier alpha value is -0.930. The van der Waals surface area contributed by atoms with Crippen LogP contribution >= 0.6 is 0 Å². The van der Waals surface area contributed by atoms with Gasteiger partial charge in [-0.3, -0.25) is 4.90 Å². The van der Waals surface area contributed by atoms with Crippen LogP contribution < -0.4 is 0 Å². The molecule has 0 heterocycles. The van der Waals surface area contributed by atoms with Crippen LogP contribution in [-0.4, -0.2) is 28.7 Å². The van der Waals surface area contributed by atoms with Gasteiger partial charge >= 0.3 is 0 Å². The van der Waals surface area contributed by atoms with Crippen LogP contribution in [0.5, 0.6) is 0 Å². The Kier molecular flexibility index (Phi) is 4.90. The molecule has 0 spiro atoms. The molecule has 3 heteroatoms. The third kappa shape index (κ3) is 4.29. The van der Waals surface area contributed by atoms with Crippen molar-refractivity contribution in [1.82, 2.24) is 4.90 Å². The van der Waals surface area contributed by atoms with Crippen LogP contribution in [0.15, 0.2) is 24.3 Å². The second kappa shape index (κ2) is 5.97. The van der Waals surface area contributed by atoms with Gasteiger partial charge in [0.2, 0.25) is 0 Å². The van der Waals surface area contributed by atoms with Gasteiger partial charge in [0.15, 0.2) is 0 Å². The Labute approximate surface area is 96.7 Å². The Morgan fingerprint density at radius 2 is 1.75 bits per heavy atom. The highest BCUT2D eigenvalue weighted by Gasteiger charge is 2.12. The van der Waals surface area contributed by atoms with Crippen LogP contribution in [0.2, 0.25) is 0 Å². The Bertz CT molecular complexity index is 308. The first-order valence-electron chi connectivity index (χ1n) is 5.65. The van der Waals surface area contributed by atoms with Gasteiger partial charge in [-0.15, -0.1) is 0 Å². The van der Waals surface area contributed by atoms with E-state index in [0.29, 0.717) is 12.6 Å². The summed E-state index contributed by atoms with van der Waals surface area (Å²) in [6.07, 6.45) is -0.345. The minimum absolute atomic E-state index is 0.213. The molecule has 0 fully saturated rings. The molecule has 0 radical (unpaired) electrons. The van der Waals surface area contributed by atoms with E-state index in [1.807, 2.05) is 0 Å². The van der Waals surface area contributed by atoms with Gasteiger partial charge in [0.05, 0.1) is 6.10 Å². The van der Waals surface area contributed by atoms with E-state index in [1.165, 1.54) is 12.1 Å². The molecule has 1 atom stereocenters. The number of halogens is 1. The average Bonchev–Trinajstić information content (AvgIpc) is 2.19.